The van der Waals surface area contributed by atoms with Gasteiger partial charge in [-0.05, 0) is 19.4 Å². The highest BCUT2D eigenvalue weighted by Gasteiger charge is 1.94. The third-order valence-corrected chi connectivity index (χ3v) is 4.37. The summed E-state index contributed by atoms with van der Waals surface area (Å²) in [6.45, 7) is 2.21. The molecule has 0 radical (unpaired) electrons. The van der Waals surface area contributed by atoms with Crippen LogP contribution in [0.3, 0.4) is 0 Å². The van der Waals surface area contributed by atoms with Crippen molar-refractivity contribution in [3.05, 3.63) is 0 Å². The molecule has 0 bridgehead atoms. The Kier molecular flexibility index (Phi) is 5.97. The molecule has 0 aromatic carbocycles. The number of thioether (sulfide) groups is 1. The standard InChI is InChI=1S/C4H10S3/c1-4(5-2)7-6-3/h4H,1-3H3. The van der Waals surface area contributed by atoms with Gasteiger partial charge in [-0.1, -0.05) is 21.6 Å². The van der Waals surface area contributed by atoms with E-state index in [2.05, 4.69) is 19.4 Å². The molecule has 0 aromatic rings. The van der Waals surface area contributed by atoms with Gasteiger partial charge < -0.3 is 0 Å². The summed E-state index contributed by atoms with van der Waals surface area (Å²) in [6, 6.07) is 0. The quantitative estimate of drug-likeness (QED) is 0.453. The van der Waals surface area contributed by atoms with Crippen LogP contribution in [0.25, 0.3) is 0 Å². The van der Waals surface area contributed by atoms with Crippen LogP contribution in [0, 0.1) is 0 Å². The minimum atomic E-state index is 0.745. The average Bonchev–Trinajstić information content (AvgIpc) is 1.68. The van der Waals surface area contributed by atoms with Crippen molar-refractivity contribution in [2.75, 3.05) is 12.5 Å². The van der Waals surface area contributed by atoms with Crippen LogP contribution in [0.2, 0.25) is 0 Å². The zero-order chi connectivity index (χ0) is 5.70. The summed E-state index contributed by atoms with van der Waals surface area (Å²) < 4.78 is 0.745. The van der Waals surface area contributed by atoms with Crippen molar-refractivity contribution in [2.24, 2.45) is 0 Å². The molecule has 0 aliphatic rings. The zero-order valence-corrected chi connectivity index (χ0v) is 7.25. The Balaban J connectivity index is 2.83. The normalized spacial score (nSPS) is 14.1. The third kappa shape index (κ3) is 4.91. The molecular weight excluding hydrogens is 144 g/mol. The highest BCUT2D eigenvalue weighted by molar-refractivity contribution is 8.78. The van der Waals surface area contributed by atoms with E-state index in [1.165, 1.54) is 0 Å². The summed E-state index contributed by atoms with van der Waals surface area (Å²) in [5.41, 5.74) is 0. The molecule has 0 saturated heterocycles. The van der Waals surface area contributed by atoms with Gasteiger partial charge in [-0.25, -0.2) is 0 Å². The maximum atomic E-state index is 2.21. The fraction of sp³-hybridized carbons (Fsp3) is 1.00. The lowest BCUT2D eigenvalue weighted by molar-refractivity contribution is 1.44. The first kappa shape index (κ1) is 8.05. The SMILES string of the molecule is CSSC(C)SC. The number of rotatable bonds is 3. The van der Waals surface area contributed by atoms with E-state index in [-0.39, 0.29) is 0 Å². The Morgan fingerprint density at radius 2 is 1.86 bits per heavy atom. The zero-order valence-electron chi connectivity index (χ0n) is 4.80. The van der Waals surface area contributed by atoms with Gasteiger partial charge in [0.25, 0.3) is 0 Å². The molecule has 0 aliphatic heterocycles. The molecule has 0 amide bonds. The summed E-state index contributed by atoms with van der Waals surface area (Å²) in [7, 11) is 3.74. The molecule has 0 spiro atoms. The van der Waals surface area contributed by atoms with Crippen molar-refractivity contribution in [1.82, 2.24) is 0 Å². The van der Waals surface area contributed by atoms with E-state index in [9.17, 15) is 0 Å². The van der Waals surface area contributed by atoms with Gasteiger partial charge >= 0.3 is 0 Å². The molecule has 0 rings (SSSR count). The molecule has 0 fully saturated rings. The Labute approximate surface area is 57.6 Å². The summed E-state index contributed by atoms with van der Waals surface area (Å²) in [6.07, 6.45) is 4.24. The van der Waals surface area contributed by atoms with Crippen LogP contribution in [0.1, 0.15) is 6.92 Å². The first-order valence-corrected chi connectivity index (χ1v) is 5.94. The van der Waals surface area contributed by atoms with Crippen LogP contribution in [0.15, 0.2) is 0 Å². The van der Waals surface area contributed by atoms with Crippen LogP contribution in [-0.2, 0) is 0 Å². The highest BCUT2D eigenvalue weighted by Crippen LogP contribution is 2.29. The van der Waals surface area contributed by atoms with Crippen LogP contribution in [-0.4, -0.2) is 17.1 Å². The van der Waals surface area contributed by atoms with Crippen LogP contribution in [0.4, 0.5) is 0 Å². The fourth-order valence-corrected chi connectivity index (χ4v) is 2.99. The molecular formula is C4H10S3. The molecule has 44 valence electrons. The second-order valence-electron chi connectivity index (χ2n) is 1.07. The minimum absolute atomic E-state index is 0.745. The topological polar surface area (TPSA) is 0 Å². The Morgan fingerprint density at radius 1 is 1.29 bits per heavy atom. The summed E-state index contributed by atoms with van der Waals surface area (Å²) in [5, 5.41) is 0. The predicted molar refractivity (Wildman–Crippen MR) is 44.1 cm³/mol. The number of hydrogen-bond acceptors (Lipinski definition) is 3. The van der Waals surface area contributed by atoms with Crippen LogP contribution in [0.5, 0.6) is 0 Å². The molecule has 7 heavy (non-hydrogen) atoms. The van der Waals surface area contributed by atoms with Crippen LogP contribution >= 0.6 is 33.3 Å². The molecule has 1 unspecified atom stereocenters. The van der Waals surface area contributed by atoms with Crippen molar-refractivity contribution < 1.29 is 0 Å². The molecule has 0 aliphatic carbocycles. The largest absolute Gasteiger partial charge is 0.150 e. The number of hydrogen-bond donors (Lipinski definition) is 0. The summed E-state index contributed by atoms with van der Waals surface area (Å²) >= 11 is 1.89. The second kappa shape index (κ2) is 5.19. The Bertz CT molecular complexity index is 37.9. The van der Waals surface area contributed by atoms with Gasteiger partial charge in [0.15, 0.2) is 0 Å². The minimum Gasteiger partial charge on any atom is -0.150 e. The monoisotopic (exact) mass is 154 g/mol. The maximum absolute atomic E-state index is 2.21. The molecule has 0 heterocycles. The first-order valence-electron chi connectivity index (χ1n) is 2.03. The summed E-state index contributed by atoms with van der Waals surface area (Å²) in [5.74, 6) is 0. The molecule has 3 heteroatoms. The van der Waals surface area contributed by atoms with Gasteiger partial charge in [0.2, 0.25) is 0 Å². The van der Waals surface area contributed by atoms with Crippen molar-refractivity contribution in [3.63, 3.8) is 0 Å². The van der Waals surface area contributed by atoms with Crippen LogP contribution < -0.4 is 0 Å². The van der Waals surface area contributed by atoms with E-state index in [0.29, 0.717) is 0 Å². The van der Waals surface area contributed by atoms with E-state index in [1.807, 2.05) is 33.3 Å². The molecule has 0 saturated carbocycles. The van der Waals surface area contributed by atoms with Crippen molar-refractivity contribution >= 4 is 33.3 Å². The molecule has 0 N–H and O–H groups in total. The van der Waals surface area contributed by atoms with Gasteiger partial charge in [0, 0.05) is 0 Å². The predicted octanol–water partition coefficient (Wildman–Crippen LogP) is 2.71. The van der Waals surface area contributed by atoms with Gasteiger partial charge in [0.05, 0.1) is 4.58 Å². The van der Waals surface area contributed by atoms with E-state index >= 15 is 0 Å². The molecule has 0 aromatic heterocycles. The van der Waals surface area contributed by atoms with E-state index in [0.717, 1.165) is 4.58 Å². The van der Waals surface area contributed by atoms with Gasteiger partial charge in [0.1, 0.15) is 0 Å². The van der Waals surface area contributed by atoms with E-state index < -0.39 is 0 Å². The lowest BCUT2D eigenvalue weighted by Crippen LogP contribution is -1.80. The Morgan fingerprint density at radius 3 is 2.00 bits per heavy atom. The average molecular weight is 154 g/mol. The van der Waals surface area contributed by atoms with Gasteiger partial charge in [-0.15, -0.1) is 0 Å². The maximum Gasteiger partial charge on any atom is 0.0575 e. The third-order valence-electron chi connectivity index (χ3n) is 0.564. The summed E-state index contributed by atoms with van der Waals surface area (Å²) in [4.78, 5) is 0. The lowest BCUT2D eigenvalue weighted by Gasteiger charge is -2.01. The first-order chi connectivity index (χ1) is 3.31. The van der Waals surface area contributed by atoms with Gasteiger partial charge in [-0.3, -0.25) is 0 Å². The fourth-order valence-electron chi connectivity index (χ4n) is 0.175. The van der Waals surface area contributed by atoms with Crippen molar-refractivity contribution in [1.29, 1.82) is 0 Å². The highest BCUT2D eigenvalue weighted by atomic mass is 33.1. The lowest BCUT2D eigenvalue weighted by atomic mass is 11.0. The molecule has 1 atom stereocenters. The second-order valence-corrected chi connectivity index (χ2v) is 5.35. The molecule has 0 nitrogen and oxygen atoms in total. The van der Waals surface area contributed by atoms with Crippen molar-refractivity contribution in [2.45, 2.75) is 11.5 Å². The Hall–Kier alpha value is 1.05. The van der Waals surface area contributed by atoms with Crippen molar-refractivity contribution in [3.8, 4) is 0 Å². The van der Waals surface area contributed by atoms with E-state index in [4.69, 9.17) is 0 Å². The smallest absolute Gasteiger partial charge is 0.0575 e. The van der Waals surface area contributed by atoms with Gasteiger partial charge in [-0.2, -0.15) is 11.8 Å². The van der Waals surface area contributed by atoms with E-state index in [1.54, 1.807) is 0 Å².